The first-order valence-electron chi connectivity index (χ1n) is 5.09. The highest BCUT2D eigenvalue weighted by Crippen LogP contribution is 2.19. The number of hydrogen-bond donors (Lipinski definition) is 3. The number of phenolic OH excluding ortho intramolecular Hbond substituents is 1. The Morgan fingerprint density at radius 1 is 1.37 bits per heavy atom. The van der Waals surface area contributed by atoms with Crippen LogP contribution in [0.5, 0.6) is 5.75 Å². The number of nitrogen functional groups attached to an aromatic ring is 1. The van der Waals surface area contributed by atoms with E-state index in [4.69, 9.17) is 22.6 Å². The molecule has 2 aromatic rings. The SMILES string of the molecule is NNc1cccc(Cl)n1.O=Cc1cc(Br)ccc1O. The number of rotatable bonds is 2. The number of carbonyl (C=O) groups excluding carboxylic acids is 1. The smallest absolute Gasteiger partial charge is 0.153 e. The number of hydrazine groups is 1. The maximum absolute atomic E-state index is 10.2. The third kappa shape index (κ3) is 5.25. The fourth-order valence-corrected chi connectivity index (χ4v) is 1.65. The molecule has 0 atom stereocenters. The van der Waals surface area contributed by atoms with E-state index in [9.17, 15) is 4.79 Å². The summed E-state index contributed by atoms with van der Waals surface area (Å²) in [4.78, 5) is 14.0. The van der Waals surface area contributed by atoms with Crippen LogP contribution in [0.1, 0.15) is 10.4 Å². The lowest BCUT2D eigenvalue weighted by Crippen LogP contribution is -2.07. The van der Waals surface area contributed by atoms with Crippen LogP contribution in [0.2, 0.25) is 5.15 Å². The number of nitrogens with two attached hydrogens (primary N) is 1. The van der Waals surface area contributed by atoms with Crippen molar-refractivity contribution in [1.82, 2.24) is 4.98 Å². The van der Waals surface area contributed by atoms with E-state index >= 15 is 0 Å². The van der Waals surface area contributed by atoms with Crippen LogP contribution in [0.15, 0.2) is 40.9 Å². The van der Waals surface area contributed by atoms with Gasteiger partial charge in [0.15, 0.2) is 6.29 Å². The number of carbonyl (C=O) groups is 1. The fraction of sp³-hybridized carbons (Fsp3) is 0. The Bertz CT molecular complexity index is 566. The quantitative estimate of drug-likeness (QED) is 0.337. The number of phenols is 1. The summed E-state index contributed by atoms with van der Waals surface area (Å²) < 4.78 is 0.785. The van der Waals surface area contributed by atoms with Crippen molar-refractivity contribution in [3.05, 3.63) is 51.6 Å². The van der Waals surface area contributed by atoms with Gasteiger partial charge in [0, 0.05) is 4.47 Å². The third-order valence-corrected chi connectivity index (χ3v) is 2.68. The Morgan fingerprint density at radius 3 is 2.58 bits per heavy atom. The summed E-state index contributed by atoms with van der Waals surface area (Å²) in [6.45, 7) is 0. The van der Waals surface area contributed by atoms with E-state index in [1.165, 1.54) is 6.07 Å². The maximum atomic E-state index is 10.2. The number of hydrogen-bond acceptors (Lipinski definition) is 5. The molecule has 7 heteroatoms. The highest BCUT2D eigenvalue weighted by atomic mass is 79.9. The molecule has 100 valence electrons. The van der Waals surface area contributed by atoms with Gasteiger partial charge in [0.25, 0.3) is 0 Å². The van der Waals surface area contributed by atoms with E-state index < -0.39 is 0 Å². The molecular formula is C12H11BrClN3O2. The van der Waals surface area contributed by atoms with Crippen molar-refractivity contribution in [2.24, 2.45) is 5.84 Å². The number of benzene rings is 1. The van der Waals surface area contributed by atoms with Gasteiger partial charge in [0.05, 0.1) is 5.56 Å². The number of halogens is 2. The molecule has 0 fully saturated rings. The maximum Gasteiger partial charge on any atom is 0.153 e. The Labute approximate surface area is 123 Å². The van der Waals surface area contributed by atoms with Gasteiger partial charge in [-0.15, -0.1) is 0 Å². The van der Waals surface area contributed by atoms with Gasteiger partial charge in [-0.05, 0) is 30.3 Å². The molecule has 5 nitrogen and oxygen atoms in total. The van der Waals surface area contributed by atoms with E-state index in [0.29, 0.717) is 22.8 Å². The molecule has 1 aromatic carbocycles. The zero-order valence-corrected chi connectivity index (χ0v) is 12.0. The van der Waals surface area contributed by atoms with E-state index in [-0.39, 0.29) is 5.75 Å². The van der Waals surface area contributed by atoms with Gasteiger partial charge in [-0.3, -0.25) is 4.79 Å². The minimum atomic E-state index is 0.0122. The average molecular weight is 345 g/mol. The van der Waals surface area contributed by atoms with Crippen molar-refractivity contribution in [3.8, 4) is 5.75 Å². The standard InChI is InChI=1S/C7H5BrO2.C5H6ClN3/c8-6-1-2-7(10)5(3-6)4-9;6-4-2-1-3-5(8-4)9-7/h1-4,10H;1-3H,7H2,(H,8,9). The summed E-state index contributed by atoms with van der Waals surface area (Å²) in [5.74, 6) is 5.63. The lowest BCUT2D eigenvalue weighted by atomic mass is 10.2. The summed E-state index contributed by atoms with van der Waals surface area (Å²) in [7, 11) is 0. The highest BCUT2D eigenvalue weighted by molar-refractivity contribution is 9.10. The van der Waals surface area contributed by atoms with E-state index in [1.807, 2.05) is 0 Å². The summed E-state index contributed by atoms with van der Waals surface area (Å²) in [6, 6.07) is 9.87. The largest absolute Gasteiger partial charge is 0.507 e. The molecule has 0 amide bonds. The van der Waals surface area contributed by atoms with Gasteiger partial charge < -0.3 is 10.5 Å². The topological polar surface area (TPSA) is 88.2 Å². The molecule has 2 rings (SSSR count). The molecule has 0 aliphatic rings. The molecule has 0 bridgehead atoms. The molecule has 19 heavy (non-hydrogen) atoms. The van der Waals surface area contributed by atoms with Crippen LogP contribution in [0.25, 0.3) is 0 Å². The first-order valence-corrected chi connectivity index (χ1v) is 6.26. The Hall–Kier alpha value is -1.63. The Balaban J connectivity index is 0.000000191. The highest BCUT2D eigenvalue weighted by Gasteiger charge is 1.97. The number of pyridine rings is 1. The Morgan fingerprint density at radius 2 is 2.11 bits per heavy atom. The van der Waals surface area contributed by atoms with Crippen molar-refractivity contribution < 1.29 is 9.90 Å². The van der Waals surface area contributed by atoms with E-state index in [0.717, 1.165) is 4.47 Å². The fourth-order valence-electron chi connectivity index (χ4n) is 1.11. The number of aromatic nitrogens is 1. The molecule has 0 aliphatic heterocycles. The zero-order valence-electron chi connectivity index (χ0n) is 9.68. The predicted molar refractivity (Wildman–Crippen MR) is 78.3 cm³/mol. The van der Waals surface area contributed by atoms with Crippen molar-refractivity contribution >= 4 is 39.6 Å². The van der Waals surface area contributed by atoms with Crippen molar-refractivity contribution in [2.45, 2.75) is 0 Å². The average Bonchev–Trinajstić information content (AvgIpc) is 2.42. The van der Waals surface area contributed by atoms with Gasteiger partial charge in [-0.2, -0.15) is 0 Å². The van der Waals surface area contributed by atoms with Crippen LogP contribution in [-0.4, -0.2) is 16.4 Å². The molecule has 0 unspecified atom stereocenters. The van der Waals surface area contributed by atoms with Gasteiger partial charge in [0.2, 0.25) is 0 Å². The second-order valence-electron chi connectivity index (χ2n) is 3.31. The lowest BCUT2D eigenvalue weighted by molar-refractivity contribution is 0.112. The molecule has 1 heterocycles. The van der Waals surface area contributed by atoms with Crippen LogP contribution in [-0.2, 0) is 0 Å². The molecule has 1 aromatic heterocycles. The number of anilines is 1. The molecule has 0 spiro atoms. The van der Waals surface area contributed by atoms with Gasteiger partial charge in [-0.1, -0.05) is 33.6 Å². The Kier molecular flexibility index (Phi) is 6.27. The van der Waals surface area contributed by atoms with Crippen LogP contribution in [0, 0.1) is 0 Å². The molecular weight excluding hydrogens is 334 g/mol. The molecule has 0 aliphatic carbocycles. The van der Waals surface area contributed by atoms with Crippen molar-refractivity contribution in [1.29, 1.82) is 0 Å². The molecule has 4 N–H and O–H groups in total. The monoisotopic (exact) mass is 343 g/mol. The van der Waals surface area contributed by atoms with Crippen LogP contribution in [0.3, 0.4) is 0 Å². The summed E-state index contributed by atoms with van der Waals surface area (Å²) in [5.41, 5.74) is 2.67. The van der Waals surface area contributed by atoms with Gasteiger partial charge in [-0.25, -0.2) is 10.8 Å². The van der Waals surface area contributed by atoms with Crippen LogP contribution >= 0.6 is 27.5 Å². The number of nitrogens with one attached hydrogen (secondary N) is 1. The number of aromatic hydroxyl groups is 1. The molecule has 0 radical (unpaired) electrons. The second kappa shape index (κ2) is 7.73. The minimum absolute atomic E-state index is 0.0122. The predicted octanol–water partition coefficient (Wildman–Crippen LogP) is 2.99. The number of aldehydes is 1. The zero-order chi connectivity index (χ0) is 14.3. The second-order valence-corrected chi connectivity index (χ2v) is 4.61. The van der Waals surface area contributed by atoms with Gasteiger partial charge >= 0.3 is 0 Å². The third-order valence-electron chi connectivity index (χ3n) is 1.98. The normalized spacial score (nSPS) is 9.21. The van der Waals surface area contributed by atoms with Crippen molar-refractivity contribution in [2.75, 3.05) is 5.43 Å². The van der Waals surface area contributed by atoms with E-state index in [2.05, 4.69) is 26.3 Å². The lowest BCUT2D eigenvalue weighted by Gasteiger charge is -1.95. The van der Waals surface area contributed by atoms with Crippen LogP contribution < -0.4 is 11.3 Å². The molecule has 0 saturated carbocycles. The van der Waals surface area contributed by atoms with Crippen LogP contribution in [0.4, 0.5) is 5.82 Å². The molecule has 0 saturated heterocycles. The first kappa shape index (κ1) is 15.4. The summed E-state index contributed by atoms with van der Waals surface area (Å²) >= 11 is 8.68. The van der Waals surface area contributed by atoms with Crippen molar-refractivity contribution in [3.63, 3.8) is 0 Å². The van der Waals surface area contributed by atoms with Gasteiger partial charge in [0.1, 0.15) is 16.7 Å². The summed E-state index contributed by atoms with van der Waals surface area (Å²) in [5, 5.41) is 9.42. The summed E-state index contributed by atoms with van der Waals surface area (Å²) in [6.07, 6.45) is 0.611. The first-order chi connectivity index (χ1) is 9.06. The van der Waals surface area contributed by atoms with E-state index in [1.54, 1.807) is 30.3 Å². The number of nitrogens with zero attached hydrogens (tertiary/aromatic N) is 1. The minimum Gasteiger partial charge on any atom is -0.507 e.